The van der Waals surface area contributed by atoms with Gasteiger partial charge in [-0.3, -0.25) is 19.6 Å². The number of imidazole rings is 1. The van der Waals surface area contributed by atoms with E-state index in [4.69, 9.17) is 0 Å². The van der Waals surface area contributed by atoms with Crippen LogP contribution in [0.25, 0.3) is 0 Å². The largest absolute Gasteiger partial charge is 0.354 e. The number of nitrogens with one attached hydrogen (secondary N) is 2. The third-order valence-electron chi connectivity index (χ3n) is 7.28. The van der Waals surface area contributed by atoms with Crippen LogP contribution in [0.15, 0.2) is 24.8 Å². The van der Waals surface area contributed by atoms with Crippen molar-refractivity contribution < 1.29 is 9.59 Å². The van der Waals surface area contributed by atoms with Crippen molar-refractivity contribution in [1.82, 2.24) is 34.9 Å². The average Bonchev–Trinajstić information content (AvgIpc) is 3.43. The van der Waals surface area contributed by atoms with Crippen LogP contribution in [0.5, 0.6) is 0 Å². The van der Waals surface area contributed by atoms with Gasteiger partial charge in [0.05, 0.1) is 12.0 Å². The fraction of sp³-hybridized carbons (Fsp3) is 0.652. The summed E-state index contributed by atoms with van der Waals surface area (Å²) in [7, 11) is 0. The van der Waals surface area contributed by atoms with Gasteiger partial charge < -0.3 is 14.8 Å². The molecule has 2 N–H and O–H groups in total. The third-order valence-corrected chi connectivity index (χ3v) is 7.28. The van der Waals surface area contributed by atoms with Crippen molar-refractivity contribution in [1.29, 1.82) is 0 Å². The predicted octanol–water partition coefficient (Wildman–Crippen LogP) is 1.32. The van der Waals surface area contributed by atoms with Gasteiger partial charge in [-0.25, -0.2) is 4.98 Å². The minimum absolute atomic E-state index is 0.0109. The normalized spacial score (nSPS) is 27.9. The van der Waals surface area contributed by atoms with Gasteiger partial charge in [-0.15, -0.1) is 0 Å². The fourth-order valence-electron chi connectivity index (χ4n) is 6.00. The number of aromatic nitrogens is 4. The number of H-pyrrole nitrogens is 1. The summed E-state index contributed by atoms with van der Waals surface area (Å²) in [5, 5.41) is 10.6. The van der Waals surface area contributed by atoms with Gasteiger partial charge >= 0.3 is 0 Å². The van der Waals surface area contributed by atoms with Gasteiger partial charge in [0.2, 0.25) is 11.8 Å². The predicted molar refractivity (Wildman–Crippen MR) is 118 cm³/mol. The zero-order valence-corrected chi connectivity index (χ0v) is 18.7. The number of hydrogen-bond acceptors (Lipinski definition) is 5. The van der Waals surface area contributed by atoms with Gasteiger partial charge in [0, 0.05) is 69.2 Å². The van der Waals surface area contributed by atoms with Crippen LogP contribution in [0.2, 0.25) is 0 Å². The molecule has 2 aromatic rings. The topological polar surface area (TPSA) is 99.2 Å². The number of likely N-dealkylation sites (tertiary alicyclic amines) is 1. The zero-order chi connectivity index (χ0) is 22.1. The van der Waals surface area contributed by atoms with Crippen molar-refractivity contribution in [3.05, 3.63) is 36.2 Å². The van der Waals surface area contributed by atoms with Crippen LogP contribution in [0.1, 0.15) is 43.5 Å². The molecule has 9 heteroatoms. The maximum Gasteiger partial charge on any atom is 0.243 e. The van der Waals surface area contributed by atoms with Crippen molar-refractivity contribution in [2.24, 2.45) is 11.8 Å². The number of aromatic amines is 1. The summed E-state index contributed by atoms with van der Waals surface area (Å²) in [6.07, 6.45) is 9.84. The molecule has 2 bridgehead atoms. The number of fused-ring (bicyclic) bond motifs is 4. The van der Waals surface area contributed by atoms with Crippen LogP contribution >= 0.6 is 0 Å². The van der Waals surface area contributed by atoms with E-state index in [1.807, 2.05) is 22.6 Å². The molecule has 32 heavy (non-hydrogen) atoms. The van der Waals surface area contributed by atoms with Gasteiger partial charge in [-0.1, -0.05) is 0 Å². The molecule has 0 saturated carbocycles. The lowest BCUT2D eigenvalue weighted by Gasteiger charge is -2.55. The van der Waals surface area contributed by atoms with Crippen LogP contribution in [0, 0.1) is 18.8 Å². The van der Waals surface area contributed by atoms with Crippen molar-refractivity contribution in [2.75, 3.05) is 19.6 Å². The average molecular weight is 440 g/mol. The van der Waals surface area contributed by atoms with Gasteiger partial charge in [0.15, 0.2) is 0 Å². The lowest BCUT2D eigenvalue weighted by atomic mass is 9.71. The highest BCUT2D eigenvalue weighted by Crippen LogP contribution is 2.42. The Kier molecular flexibility index (Phi) is 5.99. The molecule has 3 saturated heterocycles. The molecule has 0 unspecified atom stereocenters. The molecule has 3 aliphatic heterocycles. The monoisotopic (exact) mass is 439 g/mol. The Morgan fingerprint density at radius 3 is 2.97 bits per heavy atom. The first kappa shape index (κ1) is 21.2. The molecule has 5 rings (SSSR count). The molecule has 9 nitrogen and oxygen atoms in total. The first-order valence-electron chi connectivity index (χ1n) is 11.9. The van der Waals surface area contributed by atoms with E-state index in [2.05, 4.69) is 31.5 Å². The Hall–Kier alpha value is -2.68. The van der Waals surface area contributed by atoms with E-state index in [0.717, 1.165) is 63.3 Å². The number of nitrogens with zero attached hydrogens (tertiary/aromatic N) is 5. The van der Waals surface area contributed by atoms with Crippen molar-refractivity contribution >= 4 is 11.8 Å². The SMILES string of the molecule is Cc1cc(CN2C[C@H]3C[C@@H](C2)[C@H](C(=O)NCCCn2ccnc2)N2C(=O)CCC[C@@H]32)n[nH]1. The highest BCUT2D eigenvalue weighted by atomic mass is 16.2. The van der Waals surface area contributed by atoms with E-state index in [0.29, 0.717) is 18.9 Å². The molecule has 0 aliphatic carbocycles. The minimum atomic E-state index is -0.360. The number of piperidine rings is 3. The van der Waals surface area contributed by atoms with Crippen molar-refractivity contribution in [3.8, 4) is 0 Å². The molecule has 0 aromatic carbocycles. The summed E-state index contributed by atoms with van der Waals surface area (Å²) in [4.78, 5) is 34.8. The van der Waals surface area contributed by atoms with Gasteiger partial charge in [0.1, 0.15) is 6.04 Å². The number of amides is 2. The first-order valence-corrected chi connectivity index (χ1v) is 11.9. The van der Waals surface area contributed by atoms with Crippen molar-refractivity contribution in [2.45, 2.75) is 64.2 Å². The Morgan fingerprint density at radius 1 is 1.31 bits per heavy atom. The maximum atomic E-state index is 13.4. The molecule has 4 atom stereocenters. The molecule has 2 amide bonds. The van der Waals surface area contributed by atoms with Crippen LogP contribution in [-0.4, -0.2) is 73.1 Å². The summed E-state index contributed by atoms with van der Waals surface area (Å²) in [5.41, 5.74) is 2.11. The van der Waals surface area contributed by atoms with Gasteiger partial charge in [0.25, 0.3) is 0 Å². The smallest absolute Gasteiger partial charge is 0.243 e. The fourth-order valence-corrected chi connectivity index (χ4v) is 6.00. The molecule has 3 aliphatic rings. The number of carbonyl (C=O) groups is 2. The van der Waals surface area contributed by atoms with Crippen LogP contribution in [0.4, 0.5) is 0 Å². The van der Waals surface area contributed by atoms with E-state index in [1.54, 1.807) is 12.5 Å². The van der Waals surface area contributed by atoms with Crippen LogP contribution in [0.3, 0.4) is 0 Å². The van der Waals surface area contributed by atoms with Crippen molar-refractivity contribution in [3.63, 3.8) is 0 Å². The van der Waals surface area contributed by atoms with Crippen LogP contribution in [-0.2, 0) is 22.7 Å². The van der Waals surface area contributed by atoms with Crippen LogP contribution < -0.4 is 5.32 Å². The molecular weight excluding hydrogens is 406 g/mol. The summed E-state index contributed by atoms with van der Waals surface area (Å²) in [5.74, 6) is 0.770. The van der Waals surface area contributed by atoms with E-state index in [1.165, 1.54) is 0 Å². The molecule has 3 fully saturated rings. The molecule has 172 valence electrons. The van der Waals surface area contributed by atoms with Gasteiger partial charge in [-0.05, 0) is 44.6 Å². The Labute approximate surface area is 188 Å². The second kappa shape index (κ2) is 9.05. The Bertz CT molecular complexity index is 940. The molecular formula is C23H33N7O2. The standard InChI is InChI=1S/C23H33N7O2/c1-16-10-19(27-26-16)14-29-12-17-11-18(13-29)22(30-20(17)4-2-5-21(30)31)23(32)25-6-3-8-28-9-7-24-15-28/h7,9-10,15,17-18,20,22H,2-6,8,11-14H2,1H3,(H,25,32)(H,26,27)/t17-,18+,20+,22-/m1/s1. The quantitative estimate of drug-likeness (QED) is 0.634. The third kappa shape index (κ3) is 4.30. The highest BCUT2D eigenvalue weighted by Gasteiger charge is 2.51. The second-order valence-corrected chi connectivity index (χ2v) is 9.64. The van der Waals surface area contributed by atoms with E-state index < -0.39 is 0 Å². The van der Waals surface area contributed by atoms with E-state index in [-0.39, 0.29) is 29.8 Å². The summed E-state index contributed by atoms with van der Waals surface area (Å²) >= 11 is 0. The number of hydrogen-bond donors (Lipinski definition) is 2. The maximum absolute atomic E-state index is 13.4. The van der Waals surface area contributed by atoms with E-state index in [9.17, 15) is 9.59 Å². The molecule has 2 aromatic heterocycles. The Balaban J connectivity index is 1.27. The number of carbonyl (C=O) groups excluding carboxylic acids is 2. The Morgan fingerprint density at radius 2 is 2.19 bits per heavy atom. The summed E-state index contributed by atoms with van der Waals surface area (Å²) in [6, 6.07) is 1.91. The van der Waals surface area contributed by atoms with Gasteiger partial charge in [-0.2, -0.15) is 5.10 Å². The molecule has 0 spiro atoms. The van der Waals surface area contributed by atoms with E-state index >= 15 is 0 Å². The summed E-state index contributed by atoms with van der Waals surface area (Å²) in [6.45, 7) is 6.02. The number of rotatable bonds is 7. The molecule has 0 radical (unpaired) electrons. The lowest BCUT2D eigenvalue weighted by molar-refractivity contribution is -0.160. The molecule has 5 heterocycles. The minimum Gasteiger partial charge on any atom is -0.354 e. The second-order valence-electron chi connectivity index (χ2n) is 9.64. The zero-order valence-electron chi connectivity index (χ0n) is 18.7. The summed E-state index contributed by atoms with van der Waals surface area (Å²) < 4.78 is 2.01. The number of aryl methyl sites for hydroxylation is 2. The first-order chi connectivity index (χ1) is 15.6. The lowest BCUT2D eigenvalue weighted by Crippen LogP contribution is -2.68. The highest BCUT2D eigenvalue weighted by molar-refractivity contribution is 5.89.